The Labute approximate surface area is 179 Å². The van der Waals surface area contributed by atoms with Crippen molar-refractivity contribution in [1.82, 2.24) is 9.47 Å². The van der Waals surface area contributed by atoms with Gasteiger partial charge in [-0.3, -0.25) is 9.69 Å². The molecule has 6 heteroatoms. The van der Waals surface area contributed by atoms with Crippen molar-refractivity contribution in [3.8, 4) is 5.69 Å². The molecule has 2 heterocycles. The third-order valence-electron chi connectivity index (χ3n) is 5.03. The Balaban J connectivity index is 1.69. The molecule has 0 radical (unpaired) electrons. The van der Waals surface area contributed by atoms with E-state index in [2.05, 4.69) is 41.6 Å². The van der Waals surface area contributed by atoms with E-state index >= 15 is 0 Å². The van der Waals surface area contributed by atoms with E-state index in [1.54, 1.807) is 17.0 Å². The second-order valence-corrected chi connectivity index (χ2v) is 8.04. The number of nitrogens with zero attached hydrogens (tertiary/aromatic N) is 3. The topological polar surface area (TPSA) is 37.6 Å². The van der Waals surface area contributed by atoms with Crippen LogP contribution in [0.15, 0.2) is 70.6 Å². The minimum atomic E-state index is -0.309. The molecular weight excluding hydrogens is 397 g/mol. The van der Waals surface area contributed by atoms with Crippen molar-refractivity contribution in [2.24, 2.45) is 4.99 Å². The first-order valence-corrected chi connectivity index (χ1v) is 10.6. The van der Waals surface area contributed by atoms with Gasteiger partial charge in [0.15, 0.2) is 5.17 Å². The fraction of sp³-hybridized carbons (Fsp3) is 0.167. The molecular formula is C24H22FN3OS. The molecule has 0 saturated carbocycles. The van der Waals surface area contributed by atoms with Crippen molar-refractivity contribution in [3.63, 3.8) is 0 Å². The Hall–Kier alpha value is -3.12. The summed E-state index contributed by atoms with van der Waals surface area (Å²) >= 11 is 1.35. The number of carbonyl (C=O) groups excluding carboxylic acids is 1. The highest BCUT2D eigenvalue weighted by Crippen LogP contribution is 2.35. The lowest BCUT2D eigenvalue weighted by Crippen LogP contribution is -2.28. The number of benzene rings is 2. The van der Waals surface area contributed by atoms with E-state index in [0.29, 0.717) is 22.3 Å². The number of amidine groups is 1. The zero-order valence-corrected chi connectivity index (χ0v) is 17.9. The number of likely N-dealkylation sites (N-methyl/N-ethyl adjacent to an activating group) is 1. The third-order valence-corrected chi connectivity index (χ3v) is 6.03. The molecule has 2 aromatic carbocycles. The summed E-state index contributed by atoms with van der Waals surface area (Å²) in [5.74, 6) is -0.372. The van der Waals surface area contributed by atoms with Gasteiger partial charge in [0.2, 0.25) is 0 Å². The summed E-state index contributed by atoms with van der Waals surface area (Å²) in [6.45, 7) is 6.56. The standard InChI is InChI=1S/C24H22FN3OS/c1-4-27-23(29)22(30-24(27)26-20-12-10-19(25)11-13-20)15-18-14-16(2)28(17(18)3)21-8-6-5-7-9-21/h5-15H,4H2,1-3H3/b22-15-,26-24?. The van der Waals surface area contributed by atoms with Gasteiger partial charge >= 0.3 is 0 Å². The van der Waals surface area contributed by atoms with Crippen LogP contribution in [0.2, 0.25) is 0 Å². The molecule has 0 N–H and O–H groups in total. The van der Waals surface area contributed by atoms with Crippen LogP contribution in [0.1, 0.15) is 23.9 Å². The summed E-state index contributed by atoms with van der Waals surface area (Å²) in [5, 5.41) is 0.609. The number of thioether (sulfide) groups is 1. The maximum absolute atomic E-state index is 13.2. The van der Waals surface area contributed by atoms with E-state index in [9.17, 15) is 9.18 Å². The Bertz CT molecular complexity index is 1150. The number of halogens is 1. The van der Waals surface area contributed by atoms with Gasteiger partial charge in [-0.2, -0.15) is 0 Å². The number of aromatic nitrogens is 1. The zero-order chi connectivity index (χ0) is 21.3. The molecule has 1 aliphatic rings. The van der Waals surface area contributed by atoms with Crippen LogP contribution in [0.3, 0.4) is 0 Å². The largest absolute Gasteiger partial charge is 0.318 e. The number of para-hydroxylation sites is 1. The summed E-state index contributed by atoms with van der Waals surface area (Å²) in [4.78, 5) is 19.8. The molecule has 0 bridgehead atoms. The van der Waals surface area contributed by atoms with Gasteiger partial charge in [0, 0.05) is 23.6 Å². The molecule has 152 valence electrons. The summed E-state index contributed by atoms with van der Waals surface area (Å²) in [6, 6.07) is 18.2. The molecule has 0 unspecified atom stereocenters. The minimum absolute atomic E-state index is 0.0622. The monoisotopic (exact) mass is 419 g/mol. The maximum Gasteiger partial charge on any atom is 0.266 e. The number of hydrogen-bond donors (Lipinski definition) is 0. The van der Waals surface area contributed by atoms with Crippen LogP contribution in [0.25, 0.3) is 11.8 Å². The van der Waals surface area contributed by atoms with Gasteiger partial charge < -0.3 is 4.57 Å². The van der Waals surface area contributed by atoms with Gasteiger partial charge in [0.1, 0.15) is 5.82 Å². The second-order valence-electron chi connectivity index (χ2n) is 7.03. The molecule has 0 spiro atoms. The van der Waals surface area contributed by atoms with E-state index in [0.717, 1.165) is 22.6 Å². The summed E-state index contributed by atoms with van der Waals surface area (Å²) in [6.07, 6.45) is 1.94. The van der Waals surface area contributed by atoms with Crippen LogP contribution in [-0.4, -0.2) is 27.1 Å². The van der Waals surface area contributed by atoms with Crippen molar-refractivity contribution in [3.05, 3.63) is 88.3 Å². The number of amides is 1. The molecule has 1 aliphatic heterocycles. The summed E-state index contributed by atoms with van der Waals surface area (Å²) < 4.78 is 15.4. The molecule has 30 heavy (non-hydrogen) atoms. The first kappa shape index (κ1) is 20.2. The molecule has 0 atom stereocenters. The van der Waals surface area contributed by atoms with Crippen LogP contribution < -0.4 is 0 Å². The molecule has 3 aromatic rings. The van der Waals surface area contributed by atoms with Gasteiger partial charge in [0.25, 0.3) is 5.91 Å². The van der Waals surface area contributed by atoms with Crippen LogP contribution in [0, 0.1) is 19.7 Å². The number of rotatable bonds is 4. The van der Waals surface area contributed by atoms with Gasteiger partial charge in [-0.25, -0.2) is 9.38 Å². The van der Waals surface area contributed by atoms with Crippen molar-refractivity contribution in [1.29, 1.82) is 0 Å². The third kappa shape index (κ3) is 3.83. The lowest BCUT2D eigenvalue weighted by atomic mass is 10.2. The Morgan fingerprint density at radius 1 is 1.07 bits per heavy atom. The molecule has 4 rings (SSSR count). The fourth-order valence-corrected chi connectivity index (χ4v) is 4.60. The van der Waals surface area contributed by atoms with Crippen LogP contribution in [0.4, 0.5) is 10.1 Å². The van der Waals surface area contributed by atoms with Crippen molar-refractivity contribution >= 4 is 34.6 Å². The number of aliphatic imine (C=N–C) groups is 1. The first-order chi connectivity index (χ1) is 14.5. The fourth-order valence-electron chi connectivity index (χ4n) is 3.55. The quantitative estimate of drug-likeness (QED) is 0.497. The van der Waals surface area contributed by atoms with Gasteiger partial charge in [-0.05, 0) is 86.6 Å². The Morgan fingerprint density at radius 3 is 2.43 bits per heavy atom. The molecule has 1 amide bonds. The van der Waals surface area contributed by atoms with Gasteiger partial charge in [-0.15, -0.1) is 0 Å². The average Bonchev–Trinajstić information content (AvgIpc) is 3.19. The minimum Gasteiger partial charge on any atom is -0.318 e. The summed E-state index contributed by atoms with van der Waals surface area (Å²) in [7, 11) is 0. The average molecular weight is 420 g/mol. The lowest BCUT2D eigenvalue weighted by molar-refractivity contribution is -0.122. The zero-order valence-electron chi connectivity index (χ0n) is 17.1. The molecule has 1 fully saturated rings. The molecule has 0 aliphatic carbocycles. The molecule has 4 nitrogen and oxygen atoms in total. The normalized spacial score (nSPS) is 16.8. The Morgan fingerprint density at radius 2 is 1.77 bits per heavy atom. The number of hydrogen-bond acceptors (Lipinski definition) is 3. The lowest BCUT2D eigenvalue weighted by Gasteiger charge is -2.11. The highest BCUT2D eigenvalue weighted by molar-refractivity contribution is 8.18. The smallest absolute Gasteiger partial charge is 0.266 e. The second kappa shape index (κ2) is 8.32. The molecule has 1 saturated heterocycles. The summed E-state index contributed by atoms with van der Waals surface area (Å²) in [5.41, 5.74) is 4.90. The highest BCUT2D eigenvalue weighted by atomic mass is 32.2. The van der Waals surface area contributed by atoms with E-state index in [-0.39, 0.29) is 11.7 Å². The van der Waals surface area contributed by atoms with Gasteiger partial charge in [0.05, 0.1) is 10.6 Å². The van der Waals surface area contributed by atoms with Crippen molar-refractivity contribution in [2.45, 2.75) is 20.8 Å². The van der Waals surface area contributed by atoms with Crippen LogP contribution >= 0.6 is 11.8 Å². The van der Waals surface area contributed by atoms with E-state index in [1.165, 1.54) is 23.9 Å². The van der Waals surface area contributed by atoms with E-state index in [4.69, 9.17) is 0 Å². The SMILES string of the molecule is CCN1C(=O)/C(=C/c2cc(C)n(-c3ccccc3)c2C)SC1=Nc1ccc(F)cc1. The van der Waals surface area contributed by atoms with Crippen molar-refractivity contribution in [2.75, 3.05) is 6.54 Å². The predicted octanol–water partition coefficient (Wildman–Crippen LogP) is 5.86. The van der Waals surface area contributed by atoms with E-state index < -0.39 is 0 Å². The van der Waals surface area contributed by atoms with Crippen LogP contribution in [0.5, 0.6) is 0 Å². The van der Waals surface area contributed by atoms with E-state index in [1.807, 2.05) is 31.2 Å². The predicted molar refractivity (Wildman–Crippen MR) is 122 cm³/mol. The molecule has 1 aromatic heterocycles. The highest BCUT2D eigenvalue weighted by Gasteiger charge is 2.32. The first-order valence-electron chi connectivity index (χ1n) is 9.78. The Kier molecular flexibility index (Phi) is 5.59. The number of carbonyl (C=O) groups is 1. The van der Waals surface area contributed by atoms with Gasteiger partial charge in [-0.1, -0.05) is 18.2 Å². The maximum atomic E-state index is 13.2. The number of aryl methyl sites for hydroxylation is 1. The van der Waals surface area contributed by atoms with Crippen LogP contribution in [-0.2, 0) is 4.79 Å². The van der Waals surface area contributed by atoms with Crippen molar-refractivity contribution < 1.29 is 9.18 Å².